The maximum atomic E-state index is 13.6. The zero-order valence-electron chi connectivity index (χ0n) is 19.5. The minimum absolute atomic E-state index is 0.0109. The number of amides is 1. The molecule has 0 bridgehead atoms. The zero-order chi connectivity index (χ0) is 26.0. The van der Waals surface area contributed by atoms with Crippen molar-refractivity contribution in [3.63, 3.8) is 0 Å². The van der Waals surface area contributed by atoms with Crippen LogP contribution in [0.4, 0.5) is 5.95 Å². The molecular formula is C25H21N5O4S3. The number of carbonyl (C=O) groups excluding carboxylic acids is 2. The molecule has 0 saturated carbocycles. The Bertz CT molecular complexity index is 1620. The van der Waals surface area contributed by atoms with E-state index in [-0.39, 0.29) is 24.0 Å². The van der Waals surface area contributed by atoms with Gasteiger partial charge in [0.15, 0.2) is 0 Å². The van der Waals surface area contributed by atoms with Crippen LogP contribution in [0.1, 0.15) is 36.3 Å². The summed E-state index contributed by atoms with van der Waals surface area (Å²) in [6.07, 6.45) is 8.02. The number of nitrogens with zero attached hydrogens (tertiary/aromatic N) is 3. The second kappa shape index (κ2) is 10.2. The average Bonchev–Trinajstić information content (AvgIpc) is 3.65. The number of rotatable bonds is 7. The molecule has 4 heterocycles. The van der Waals surface area contributed by atoms with Gasteiger partial charge in [0, 0.05) is 23.0 Å². The van der Waals surface area contributed by atoms with Crippen LogP contribution in [0.2, 0.25) is 0 Å². The molecule has 4 aromatic rings. The van der Waals surface area contributed by atoms with Gasteiger partial charge in [-0.05, 0) is 66.1 Å². The number of nitrogens with one attached hydrogen (secondary N) is 2. The number of hydrogen-bond acceptors (Lipinski definition) is 8. The third-order valence-electron chi connectivity index (χ3n) is 5.60. The molecule has 1 aliphatic rings. The van der Waals surface area contributed by atoms with Crippen LogP contribution < -0.4 is 10.0 Å². The molecule has 4 aromatic heterocycles. The molecule has 1 aliphatic carbocycles. The third-order valence-corrected chi connectivity index (χ3v) is 8.88. The molecule has 0 radical (unpaired) electrons. The first kappa shape index (κ1) is 24.8. The van der Waals surface area contributed by atoms with Crippen molar-refractivity contribution in [2.24, 2.45) is 0 Å². The Morgan fingerprint density at radius 1 is 1.14 bits per heavy atom. The smallest absolute Gasteiger partial charge is 0.278 e. The van der Waals surface area contributed by atoms with Gasteiger partial charge in [-0.1, -0.05) is 18.2 Å². The van der Waals surface area contributed by atoms with Crippen molar-refractivity contribution in [1.82, 2.24) is 19.9 Å². The van der Waals surface area contributed by atoms with Crippen molar-refractivity contribution in [2.45, 2.75) is 18.6 Å². The summed E-state index contributed by atoms with van der Waals surface area (Å²) in [6.45, 7) is 1.75. The Labute approximate surface area is 221 Å². The first-order valence-corrected chi connectivity index (χ1v) is 14.5. The second-order valence-corrected chi connectivity index (χ2v) is 12.0. The molecular weight excluding hydrogens is 531 g/mol. The van der Waals surface area contributed by atoms with E-state index in [0.29, 0.717) is 21.8 Å². The lowest BCUT2D eigenvalue weighted by Crippen LogP contribution is -2.32. The number of allylic oxidation sites excluding steroid dienone is 1. The number of hydrogen-bond donors (Lipinski definition) is 2. The summed E-state index contributed by atoms with van der Waals surface area (Å²) in [6, 6.07) is 10.5. The number of aryl methyl sites for hydroxylation is 1. The molecule has 2 N–H and O–H groups in total. The molecule has 0 spiro atoms. The van der Waals surface area contributed by atoms with E-state index in [0.717, 1.165) is 4.88 Å². The van der Waals surface area contributed by atoms with Gasteiger partial charge >= 0.3 is 0 Å². The van der Waals surface area contributed by atoms with E-state index < -0.39 is 21.2 Å². The van der Waals surface area contributed by atoms with Gasteiger partial charge in [-0.25, -0.2) is 18.4 Å². The Morgan fingerprint density at radius 3 is 2.68 bits per heavy atom. The quantitative estimate of drug-likeness (QED) is 0.332. The molecule has 9 nitrogen and oxygen atoms in total. The Kier molecular flexibility index (Phi) is 6.87. The Balaban J connectivity index is 1.40. The number of carbonyl (C=O) groups is 2. The van der Waals surface area contributed by atoms with E-state index >= 15 is 0 Å². The van der Waals surface area contributed by atoms with Gasteiger partial charge < -0.3 is 5.32 Å². The van der Waals surface area contributed by atoms with Crippen LogP contribution in [0.3, 0.4) is 0 Å². The number of fused-ring (bicyclic) bond motifs is 1. The van der Waals surface area contributed by atoms with Gasteiger partial charge in [-0.2, -0.15) is 0 Å². The maximum absolute atomic E-state index is 13.6. The largest absolute Gasteiger partial charge is 0.317 e. The predicted octanol–water partition coefficient (Wildman–Crippen LogP) is 4.20. The molecule has 1 unspecified atom stereocenters. The summed E-state index contributed by atoms with van der Waals surface area (Å²) in [7, 11) is -3.82. The summed E-state index contributed by atoms with van der Waals surface area (Å²) in [4.78, 5) is 35.7. The van der Waals surface area contributed by atoms with Crippen molar-refractivity contribution < 1.29 is 18.0 Å². The van der Waals surface area contributed by atoms with Crippen molar-refractivity contribution in [2.75, 3.05) is 4.72 Å². The van der Waals surface area contributed by atoms with Gasteiger partial charge in [0.2, 0.25) is 16.0 Å². The molecule has 0 saturated heterocycles. The van der Waals surface area contributed by atoms with E-state index in [1.54, 1.807) is 54.9 Å². The standard InChI is InChI=1S/C25H21N5O4S3/c1-16-8-10-26-25(27-16)29-37(33,34)19-6-7-21-17(14-19)9-11-30(21)24(32)20(15-18-4-2-12-35-18)28-23(31)22-5-3-13-36-22/h2-13,15,19H,14H2,1H3,(H,28,31)(H,26,27,29)/b20-15+. The lowest BCUT2D eigenvalue weighted by Gasteiger charge is -2.19. The first-order chi connectivity index (χ1) is 17.8. The topological polar surface area (TPSA) is 123 Å². The normalized spacial score (nSPS) is 15.3. The van der Waals surface area contributed by atoms with Crippen molar-refractivity contribution in [3.05, 3.63) is 98.0 Å². The highest BCUT2D eigenvalue weighted by Gasteiger charge is 2.30. The Morgan fingerprint density at radius 2 is 1.95 bits per heavy atom. The van der Waals surface area contributed by atoms with Gasteiger partial charge in [0.25, 0.3) is 11.8 Å². The SMILES string of the molecule is Cc1ccnc(NS(=O)(=O)C2C=Cc3c(ccn3C(=O)/C(=C\c3cccs3)NC(=O)c3cccs3)C2)n1. The van der Waals surface area contributed by atoms with Crippen molar-refractivity contribution in [1.29, 1.82) is 0 Å². The van der Waals surface area contributed by atoms with E-state index in [1.807, 2.05) is 17.5 Å². The summed E-state index contributed by atoms with van der Waals surface area (Å²) < 4.78 is 29.8. The van der Waals surface area contributed by atoms with Crippen LogP contribution in [-0.2, 0) is 16.4 Å². The molecule has 0 aliphatic heterocycles. The monoisotopic (exact) mass is 551 g/mol. The molecule has 1 amide bonds. The fourth-order valence-electron chi connectivity index (χ4n) is 3.81. The third kappa shape index (κ3) is 5.45. The van der Waals surface area contributed by atoms with Gasteiger partial charge in [-0.15, -0.1) is 22.7 Å². The van der Waals surface area contributed by atoms with Crippen molar-refractivity contribution in [3.8, 4) is 0 Å². The summed E-state index contributed by atoms with van der Waals surface area (Å²) >= 11 is 2.72. The molecule has 0 fully saturated rings. The molecule has 0 aromatic carbocycles. The number of anilines is 1. The molecule has 37 heavy (non-hydrogen) atoms. The van der Waals surface area contributed by atoms with Crippen LogP contribution in [-0.4, -0.2) is 40.0 Å². The van der Waals surface area contributed by atoms with Gasteiger partial charge in [0.05, 0.1) is 10.6 Å². The van der Waals surface area contributed by atoms with Crippen LogP contribution in [0.5, 0.6) is 0 Å². The minimum Gasteiger partial charge on any atom is -0.317 e. The zero-order valence-corrected chi connectivity index (χ0v) is 21.9. The number of sulfonamides is 1. The lowest BCUT2D eigenvalue weighted by atomic mass is 10.0. The maximum Gasteiger partial charge on any atom is 0.278 e. The summed E-state index contributed by atoms with van der Waals surface area (Å²) in [5.41, 5.74) is 2.00. The van der Waals surface area contributed by atoms with Crippen LogP contribution in [0, 0.1) is 6.92 Å². The Hall–Kier alpha value is -3.87. The fourth-order valence-corrected chi connectivity index (χ4v) is 6.27. The molecule has 1 atom stereocenters. The highest BCUT2D eigenvalue weighted by molar-refractivity contribution is 7.93. The minimum atomic E-state index is -3.82. The number of aromatic nitrogens is 3. The molecule has 5 rings (SSSR count). The highest BCUT2D eigenvalue weighted by Crippen LogP contribution is 2.26. The van der Waals surface area contributed by atoms with E-state index in [9.17, 15) is 18.0 Å². The first-order valence-electron chi connectivity index (χ1n) is 11.1. The van der Waals surface area contributed by atoms with Gasteiger partial charge in [0.1, 0.15) is 10.9 Å². The van der Waals surface area contributed by atoms with Crippen LogP contribution >= 0.6 is 22.7 Å². The number of thiophene rings is 2. The summed E-state index contributed by atoms with van der Waals surface area (Å²) in [5.74, 6) is -0.799. The molecule has 12 heteroatoms. The van der Waals surface area contributed by atoms with Gasteiger partial charge in [-0.3, -0.25) is 18.9 Å². The summed E-state index contributed by atoms with van der Waals surface area (Å²) in [5, 5.41) is 5.55. The van der Waals surface area contributed by atoms with E-state index in [4.69, 9.17) is 0 Å². The average molecular weight is 552 g/mol. The van der Waals surface area contributed by atoms with E-state index in [1.165, 1.54) is 39.5 Å². The van der Waals surface area contributed by atoms with Crippen molar-refractivity contribution >= 4 is 62.6 Å². The molecule has 188 valence electrons. The van der Waals surface area contributed by atoms with E-state index in [2.05, 4.69) is 20.0 Å². The fraction of sp³-hybridized carbons (Fsp3) is 0.120. The van der Waals surface area contributed by atoms with Crippen LogP contribution in [0.25, 0.3) is 12.2 Å². The van der Waals surface area contributed by atoms with Crippen LogP contribution in [0.15, 0.2) is 71.3 Å². The lowest BCUT2D eigenvalue weighted by molar-refractivity contribution is 0.0902. The highest BCUT2D eigenvalue weighted by atomic mass is 32.2. The predicted molar refractivity (Wildman–Crippen MR) is 145 cm³/mol. The second-order valence-electron chi connectivity index (χ2n) is 8.18.